The van der Waals surface area contributed by atoms with Gasteiger partial charge in [-0.1, -0.05) is 41.9 Å². The highest BCUT2D eigenvalue weighted by molar-refractivity contribution is 7.99. The zero-order valence-electron chi connectivity index (χ0n) is 13.1. The van der Waals surface area contributed by atoms with E-state index in [4.69, 9.17) is 16.0 Å². The molecule has 1 aliphatic rings. The van der Waals surface area contributed by atoms with Gasteiger partial charge in [-0.2, -0.15) is 0 Å². The summed E-state index contributed by atoms with van der Waals surface area (Å²) in [4.78, 5) is 13.2. The predicted octanol–water partition coefficient (Wildman–Crippen LogP) is 3.37. The highest BCUT2D eigenvalue weighted by Crippen LogP contribution is 2.48. The van der Waals surface area contributed by atoms with E-state index in [-0.39, 0.29) is 11.3 Å². The van der Waals surface area contributed by atoms with Crippen LogP contribution < -0.4 is 0 Å². The van der Waals surface area contributed by atoms with E-state index in [1.165, 1.54) is 11.8 Å². The minimum absolute atomic E-state index is 0.0193. The Morgan fingerprint density at radius 1 is 1.30 bits per heavy atom. The van der Waals surface area contributed by atoms with Gasteiger partial charge in [0.25, 0.3) is 5.22 Å². The fourth-order valence-electron chi connectivity index (χ4n) is 2.64. The first-order chi connectivity index (χ1) is 11.0. The number of rotatable bonds is 5. The average molecular weight is 352 g/mol. The summed E-state index contributed by atoms with van der Waals surface area (Å²) < 4.78 is 5.84. The Kier molecular flexibility index (Phi) is 4.64. The normalized spacial score (nSPS) is 16.0. The summed E-state index contributed by atoms with van der Waals surface area (Å²) in [7, 11) is 3.46. The van der Waals surface area contributed by atoms with Gasteiger partial charge in [0.05, 0.1) is 11.2 Å². The van der Waals surface area contributed by atoms with Gasteiger partial charge >= 0.3 is 0 Å². The van der Waals surface area contributed by atoms with E-state index >= 15 is 0 Å². The molecular weight excluding hydrogens is 334 g/mol. The van der Waals surface area contributed by atoms with E-state index in [2.05, 4.69) is 10.2 Å². The molecule has 23 heavy (non-hydrogen) atoms. The monoisotopic (exact) mass is 351 g/mol. The minimum Gasteiger partial charge on any atom is -0.415 e. The van der Waals surface area contributed by atoms with Crippen LogP contribution in [-0.2, 0) is 10.2 Å². The maximum atomic E-state index is 11.6. The molecule has 5 nitrogen and oxygen atoms in total. The Balaban J connectivity index is 1.78. The van der Waals surface area contributed by atoms with Crippen molar-refractivity contribution in [2.24, 2.45) is 0 Å². The lowest BCUT2D eigenvalue weighted by Gasteiger charge is -2.39. The third-order valence-corrected chi connectivity index (χ3v) is 5.29. The zero-order valence-corrected chi connectivity index (χ0v) is 14.7. The van der Waals surface area contributed by atoms with Crippen LogP contribution in [0.15, 0.2) is 33.9 Å². The Hall–Kier alpha value is -1.53. The number of carbonyl (C=O) groups is 1. The maximum Gasteiger partial charge on any atom is 0.277 e. The molecule has 3 rings (SSSR count). The van der Waals surface area contributed by atoms with Gasteiger partial charge in [-0.05, 0) is 30.5 Å². The predicted molar refractivity (Wildman–Crippen MR) is 89.8 cm³/mol. The summed E-state index contributed by atoms with van der Waals surface area (Å²) in [5.74, 6) is 0.944. The molecule has 0 N–H and O–H groups in total. The van der Waals surface area contributed by atoms with E-state index in [0.717, 1.165) is 24.8 Å². The second kappa shape index (κ2) is 6.53. The van der Waals surface area contributed by atoms with Crippen LogP contribution in [0.3, 0.4) is 0 Å². The molecule has 1 fully saturated rings. The number of carbonyl (C=O) groups excluding carboxylic acids is 1. The van der Waals surface area contributed by atoms with Crippen LogP contribution in [0.2, 0.25) is 5.02 Å². The summed E-state index contributed by atoms with van der Waals surface area (Å²) in [5, 5.41) is 9.48. The molecule has 0 bridgehead atoms. The fraction of sp³-hybridized carbons (Fsp3) is 0.438. The van der Waals surface area contributed by atoms with E-state index < -0.39 is 0 Å². The second-order valence-electron chi connectivity index (χ2n) is 5.89. The maximum absolute atomic E-state index is 11.6. The summed E-state index contributed by atoms with van der Waals surface area (Å²) in [5.41, 5.74) is 0.944. The Bertz CT molecular complexity index is 696. The first-order valence-electron chi connectivity index (χ1n) is 7.44. The summed E-state index contributed by atoms with van der Waals surface area (Å²) in [6.07, 6.45) is 3.10. The van der Waals surface area contributed by atoms with Crippen molar-refractivity contribution in [1.29, 1.82) is 0 Å². The quantitative estimate of drug-likeness (QED) is 0.773. The van der Waals surface area contributed by atoms with Crippen molar-refractivity contribution in [2.45, 2.75) is 29.9 Å². The van der Waals surface area contributed by atoms with Gasteiger partial charge < -0.3 is 9.32 Å². The number of halogens is 1. The van der Waals surface area contributed by atoms with Gasteiger partial charge in [0.1, 0.15) is 0 Å². The van der Waals surface area contributed by atoms with Crippen LogP contribution in [0, 0.1) is 0 Å². The van der Waals surface area contributed by atoms with Gasteiger partial charge in [0.2, 0.25) is 11.8 Å². The number of aromatic nitrogens is 2. The van der Waals surface area contributed by atoms with Gasteiger partial charge in [0, 0.05) is 19.1 Å². The summed E-state index contributed by atoms with van der Waals surface area (Å²) in [6.45, 7) is 0. The van der Waals surface area contributed by atoms with Crippen LogP contribution in [0.1, 0.15) is 30.7 Å². The molecule has 7 heteroatoms. The summed E-state index contributed by atoms with van der Waals surface area (Å²) in [6, 6.07) is 7.82. The summed E-state index contributed by atoms with van der Waals surface area (Å²) >= 11 is 7.25. The van der Waals surface area contributed by atoms with Crippen LogP contribution in [0.5, 0.6) is 0 Å². The van der Waals surface area contributed by atoms with Crippen molar-refractivity contribution in [1.82, 2.24) is 15.1 Å². The molecule has 0 atom stereocenters. The molecule has 0 spiro atoms. The Morgan fingerprint density at radius 3 is 2.57 bits per heavy atom. The van der Waals surface area contributed by atoms with Crippen molar-refractivity contribution >= 4 is 29.3 Å². The molecule has 0 radical (unpaired) electrons. The fourth-order valence-corrected chi connectivity index (χ4v) is 3.51. The number of hydrogen-bond acceptors (Lipinski definition) is 5. The topological polar surface area (TPSA) is 59.2 Å². The Morgan fingerprint density at radius 2 is 2.00 bits per heavy atom. The molecule has 1 aromatic heterocycles. The van der Waals surface area contributed by atoms with E-state index in [1.807, 2.05) is 24.3 Å². The van der Waals surface area contributed by atoms with Crippen molar-refractivity contribution < 1.29 is 9.21 Å². The van der Waals surface area contributed by atoms with E-state index in [1.54, 1.807) is 19.0 Å². The standard InChI is InChI=1S/C16H18ClN3O2S/c1-20(2)13(21)10-23-15-19-18-14(22-15)16(8-3-9-16)11-4-6-12(17)7-5-11/h4-7H,3,8-10H2,1-2H3. The third-order valence-electron chi connectivity index (χ3n) is 4.24. The first-order valence-corrected chi connectivity index (χ1v) is 8.80. The van der Waals surface area contributed by atoms with Crippen LogP contribution in [-0.4, -0.2) is 40.9 Å². The molecule has 1 saturated carbocycles. The molecule has 122 valence electrons. The van der Waals surface area contributed by atoms with Crippen molar-refractivity contribution in [2.75, 3.05) is 19.8 Å². The molecule has 1 heterocycles. The minimum atomic E-state index is -0.206. The Labute approximate surface area is 144 Å². The number of thioether (sulfide) groups is 1. The molecule has 0 aliphatic heterocycles. The highest BCUT2D eigenvalue weighted by atomic mass is 35.5. The van der Waals surface area contributed by atoms with Crippen LogP contribution >= 0.6 is 23.4 Å². The molecule has 0 unspecified atom stereocenters. The molecule has 1 aliphatic carbocycles. The van der Waals surface area contributed by atoms with Gasteiger partial charge in [0.15, 0.2) is 0 Å². The van der Waals surface area contributed by atoms with Crippen LogP contribution in [0.25, 0.3) is 0 Å². The number of nitrogens with zero attached hydrogens (tertiary/aromatic N) is 3. The largest absolute Gasteiger partial charge is 0.415 e. The third kappa shape index (κ3) is 3.23. The highest BCUT2D eigenvalue weighted by Gasteiger charge is 2.45. The number of benzene rings is 1. The van der Waals surface area contributed by atoms with Crippen molar-refractivity contribution in [3.63, 3.8) is 0 Å². The molecule has 1 aromatic carbocycles. The van der Waals surface area contributed by atoms with Gasteiger partial charge in [-0.25, -0.2) is 0 Å². The second-order valence-corrected chi connectivity index (χ2v) is 7.26. The van der Waals surface area contributed by atoms with Crippen molar-refractivity contribution in [3.8, 4) is 0 Å². The molecule has 2 aromatic rings. The molecule has 1 amide bonds. The lowest BCUT2D eigenvalue weighted by atomic mass is 9.64. The first kappa shape index (κ1) is 16.3. The molecule has 0 saturated heterocycles. The van der Waals surface area contributed by atoms with Crippen LogP contribution in [0.4, 0.5) is 0 Å². The molecular formula is C16H18ClN3O2S. The zero-order chi connectivity index (χ0) is 16.4. The SMILES string of the molecule is CN(C)C(=O)CSc1nnc(C2(c3ccc(Cl)cc3)CCC2)o1. The van der Waals surface area contributed by atoms with E-state index in [9.17, 15) is 4.79 Å². The van der Waals surface area contributed by atoms with E-state index in [0.29, 0.717) is 21.9 Å². The number of amides is 1. The number of hydrogen-bond donors (Lipinski definition) is 0. The van der Waals surface area contributed by atoms with Gasteiger partial charge in [-0.15, -0.1) is 10.2 Å². The van der Waals surface area contributed by atoms with Gasteiger partial charge in [-0.3, -0.25) is 4.79 Å². The average Bonchev–Trinajstić information content (AvgIpc) is 2.94. The van der Waals surface area contributed by atoms with Crippen molar-refractivity contribution in [3.05, 3.63) is 40.7 Å². The lowest BCUT2D eigenvalue weighted by Crippen LogP contribution is -2.35. The smallest absolute Gasteiger partial charge is 0.277 e. The lowest BCUT2D eigenvalue weighted by molar-refractivity contribution is -0.125.